The third kappa shape index (κ3) is 4.29. The molecule has 1 aromatic carbocycles. The molecule has 1 fully saturated rings. The van der Waals surface area contributed by atoms with E-state index in [1.54, 1.807) is 23.1 Å². The standard InChI is InChI=1S/C25H22ClN7O2/c26-16-10-30-22(31-11-16)12-33-20-5-4-15(7-21(20)35-13-23(33)34)24-17(8-27)19(6-14-2-1-3-14)32-25(29)18(24)9-28/h4-5,7,9-11,14,28H,1-3,6,12-13H2,(H2,29,32). The zero-order chi connectivity index (χ0) is 24.5. The summed E-state index contributed by atoms with van der Waals surface area (Å²) in [5.41, 5.74) is 9.48. The van der Waals surface area contributed by atoms with Crippen molar-refractivity contribution < 1.29 is 9.53 Å². The molecule has 0 bridgehead atoms. The van der Waals surface area contributed by atoms with Gasteiger partial charge in [0.2, 0.25) is 0 Å². The molecule has 2 aliphatic rings. The van der Waals surface area contributed by atoms with Crippen LogP contribution in [0.3, 0.4) is 0 Å². The summed E-state index contributed by atoms with van der Waals surface area (Å²) in [5, 5.41) is 18.4. The number of ether oxygens (including phenoxy) is 1. The monoisotopic (exact) mass is 487 g/mol. The maximum Gasteiger partial charge on any atom is 0.265 e. The van der Waals surface area contributed by atoms with Gasteiger partial charge in [0.15, 0.2) is 6.61 Å². The summed E-state index contributed by atoms with van der Waals surface area (Å²) in [7, 11) is 0. The molecule has 3 heterocycles. The Morgan fingerprint density at radius 2 is 2.09 bits per heavy atom. The van der Waals surface area contributed by atoms with Gasteiger partial charge in [-0.15, -0.1) is 0 Å². The van der Waals surface area contributed by atoms with Crippen molar-refractivity contribution in [3.8, 4) is 22.9 Å². The Morgan fingerprint density at radius 1 is 1.31 bits per heavy atom. The largest absolute Gasteiger partial charge is 0.482 e. The van der Waals surface area contributed by atoms with Gasteiger partial charge in [-0.25, -0.2) is 15.0 Å². The molecule has 2 aromatic heterocycles. The Kier molecular flexibility index (Phi) is 6.05. The van der Waals surface area contributed by atoms with Crippen LogP contribution in [0.1, 0.15) is 41.9 Å². The molecule has 0 atom stereocenters. The van der Waals surface area contributed by atoms with E-state index in [1.807, 2.05) is 0 Å². The average Bonchev–Trinajstić information content (AvgIpc) is 2.83. The number of benzene rings is 1. The lowest BCUT2D eigenvalue weighted by atomic mass is 9.80. The van der Waals surface area contributed by atoms with E-state index in [1.165, 1.54) is 18.8 Å². The molecule has 1 aliphatic carbocycles. The number of pyridine rings is 1. The van der Waals surface area contributed by atoms with Crippen molar-refractivity contribution in [2.24, 2.45) is 5.92 Å². The molecular formula is C25H22ClN7O2. The number of rotatable bonds is 6. The molecule has 1 amide bonds. The maximum atomic E-state index is 12.6. The summed E-state index contributed by atoms with van der Waals surface area (Å²) in [4.78, 5) is 27.0. The van der Waals surface area contributed by atoms with E-state index in [-0.39, 0.29) is 24.9 Å². The van der Waals surface area contributed by atoms with Crippen LogP contribution >= 0.6 is 11.6 Å². The van der Waals surface area contributed by atoms with Gasteiger partial charge in [0, 0.05) is 29.7 Å². The molecule has 3 N–H and O–H groups in total. The molecule has 10 heteroatoms. The number of nitrogen functional groups attached to an aromatic ring is 1. The average molecular weight is 488 g/mol. The van der Waals surface area contributed by atoms with E-state index >= 15 is 0 Å². The smallest absolute Gasteiger partial charge is 0.265 e. The molecule has 176 valence electrons. The van der Waals surface area contributed by atoms with Gasteiger partial charge < -0.3 is 15.9 Å². The number of amides is 1. The number of carbonyl (C=O) groups excluding carboxylic acids is 1. The topological polar surface area (TPSA) is 142 Å². The van der Waals surface area contributed by atoms with Gasteiger partial charge >= 0.3 is 0 Å². The Hall–Kier alpha value is -4.03. The molecule has 0 unspecified atom stereocenters. The highest BCUT2D eigenvalue weighted by Gasteiger charge is 2.29. The summed E-state index contributed by atoms with van der Waals surface area (Å²) in [5.74, 6) is 1.41. The number of nitrogens with zero attached hydrogens (tertiary/aromatic N) is 5. The first kappa shape index (κ1) is 22.7. The lowest BCUT2D eigenvalue weighted by Gasteiger charge is -2.29. The van der Waals surface area contributed by atoms with Crippen LogP contribution in [0.5, 0.6) is 5.75 Å². The SMILES string of the molecule is N#Cc1c(CC2CCC2)nc(N)c(C=N)c1-c1ccc2c(c1)OCC(=O)N2Cc1ncc(Cl)cn1. The molecule has 0 radical (unpaired) electrons. The summed E-state index contributed by atoms with van der Waals surface area (Å²) in [6.07, 6.45) is 8.19. The van der Waals surface area contributed by atoms with E-state index in [9.17, 15) is 10.1 Å². The summed E-state index contributed by atoms with van der Waals surface area (Å²) in [6, 6.07) is 7.62. The van der Waals surface area contributed by atoms with Crippen LogP contribution in [0.15, 0.2) is 30.6 Å². The number of aromatic nitrogens is 3. The molecular weight excluding hydrogens is 466 g/mol. The van der Waals surface area contributed by atoms with Crippen molar-refractivity contribution in [2.45, 2.75) is 32.2 Å². The minimum atomic E-state index is -0.224. The molecule has 0 spiro atoms. The van der Waals surface area contributed by atoms with E-state index in [0.717, 1.165) is 19.1 Å². The second-order valence-corrected chi connectivity index (χ2v) is 9.07. The highest BCUT2D eigenvalue weighted by Crippen LogP contribution is 2.40. The number of hydrogen-bond donors (Lipinski definition) is 2. The Bertz CT molecular complexity index is 1360. The van der Waals surface area contributed by atoms with Crippen LogP contribution in [-0.4, -0.2) is 33.7 Å². The van der Waals surface area contributed by atoms with Gasteiger partial charge in [0.05, 0.1) is 28.5 Å². The Labute approximate surface area is 207 Å². The van der Waals surface area contributed by atoms with Gasteiger partial charge in [0.1, 0.15) is 23.5 Å². The number of hydrogen-bond acceptors (Lipinski definition) is 8. The Balaban J connectivity index is 1.56. The van der Waals surface area contributed by atoms with Crippen LogP contribution < -0.4 is 15.4 Å². The lowest BCUT2D eigenvalue weighted by Crippen LogP contribution is -2.38. The quantitative estimate of drug-likeness (QED) is 0.502. The first-order valence-electron chi connectivity index (χ1n) is 11.3. The number of carbonyl (C=O) groups is 1. The molecule has 1 aliphatic heterocycles. The van der Waals surface area contributed by atoms with Crippen LogP contribution in [0.25, 0.3) is 11.1 Å². The zero-order valence-corrected chi connectivity index (χ0v) is 19.5. The summed E-state index contributed by atoms with van der Waals surface area (Å²) >= 11 is 5.87. The van der Waals surface area contributed by atoms with Gasteiger partial charge in [-0.05, 0) is 30.0 Å². The second kappa shape index (κ2) is 9.31. The van der Waals surface area contributed by atoms with Crippen LogP contribution in [0.4, 0.5) is 11.5 Å². The number of fused-ring (bicyclic) bond motifs is 1. The van der Waals surface area contributed by atoms with Gasteiger partial charge in [-0.1, -0.05) is 36.9 Å². The second-order valence-electron chi connectivity index (χ2n) is 8.63. The summed E-state index contributed by atoms with van der Waals surface area (Å²) < 4.78 is 5.74. The van der Waals surface area contributed by atoms with Crippen molar-refractivity contribution in [1.29, 1.82) is 10.7 Å². The maximum absolute atomic E-state index is 12.6. The normalized spacial score (nSPS) is 15.1. The molecule has 3 aromatic rings. The third-order valence-electron chi connectivity index (χ3n) is 6.47. The van der Waals surface area contributed by atoms with Gasteiger partial charge in [-0.2, -0.15) is 5.26 Å². The molecule has 5 rings (SSSR count). The van der Waals surface area contributed by atoms with Crippen molar-refractivity contribution in [1.82, 2.24) is 15.0 Å². The van der Waals surface area contributed by atoms with Crippen LogP contribution in [-0.2, 0) is 17.8 Å². The van der Waals surface area contributed by atoms with Gasteiger partial charge in [-0.3, -0.25) is 9.69 Å². The number of nitrogens with two attached hydrogens (primary N) is 1. The van der Waals surface area contributed by atoms with Crippen molar-refractivity contribution >= 4 is 35.2 Å². The fourth-order valence-corrected chi connectivity index (χ4v) is 4.55. The highest BCUT2D eigenvalue weighted by atomic mass is 35.5. The predicted octanol–water partition coefficient (Wildman–Crippen LogP) is 3.91. The van der Waals surface area contributed by atoms with E-state index < -0.39 is 0 Å². The zero-order valence-electron chi connectivity index (χ0n) is 18.8. The molecule has 0 saturated heterocycles. The first-order chi connectivity index (χ1) is 17.0. The summed E-state index contributed by atoms with van der Waals surface area (Å²) in [6.45, 7) is 0.0205. The number of nitriles is 1. The molecule has 35 heavy (non-hydrogen) atoms. The Morgan fingerprint density at radius 3 is 2.74 bits per heavy atom. The van der Waals surface area contributed by atoms with Crippen LogP contribution in [0.2, 0.25) is 5.02 Å². The molecule has 9 nitrogen and oxygen atoms in total. The predicted molar refractivity (Wildman–Crippen MR) is 131 cm³/mol. The number of nitrogens with one attached hydrogen (secondary N) is 1. The third-order valence-corrected chi connectivity index (χ3v) is 6.66. The van der Waals surface area contributed by atoms with Crippen LogP contribution in [0, 0.1) is 22.7 Å². The van der Waals surface area contributed by atoms with Crippen molar-refractivity contribution in [3.63, 3.8) is 0 Å². The number of halogens is 1. The minimum Gasteiger partial charge on any atom is -0.482 e. The van der Waals surface area contributed by atoms with E-state index in [0.29, 0.717) is 62.6 Å². The number of anilines is 2. The van der Waals surface area contributed by atoms with Crippen molar-refractivity contribution in [3.05, 3.63) is 58.3 Å². The molecule has 1 saturated carbocycles. The van der Waals surface area contributed by atoms with Gasteiger partial charge in [0.25, 0.3) is 5.91 Å². The minimum absolute atomic E-state index is 0.141. The first-order valence-corrected chi connectivity index (χ1v) is 11.6. The lowest BCUT2D eigenvalue weighted by molar-refractivity contribution is -0.121. The fraction of sp³-hybridized carbons (Fsp3) is 0.280. The van der Waals surface area contributed by atoms with E-state index in [2.05, 4.69) is 21.0 Å². The van der Waals surface area contributed by atoms with Crippen molar-refractivity contribution in [2.75, 3.05) is 17.2 Å². The fourth-order valence-electron chi connectivity index (χ4n) is 4.45. The van der Waals surface area contributed by atoms with E-state index in [4.69, 9.17) is 27.5 Å². The highest BCUT2D eigenvalue weighted by molar-refractivity contribution is 6.30.